The molecule has 3 nitrogen and oxygen atoms in total. The molecule has 9 heavy (non-hydrogen) atoms. The molecule has 0 aromatic heterocycles. The van der Waals surface area contributed by atoms with Crippen molar-refractivity contribution < 1.29 is 23.0 Å². The van der Waals surface area contributed by atoms with Gasteiger partial charge < -0.3 is 9.47 Å². The van der Waals surface area contributed by atoms with Crippen LogP contribution < -0.4 is 0 Å². The van der Waals surface area contributed by atoms with E-state index in [1.807, 2.05) is 0 Å². The lowest BCUT2D eigenvalue weighted by molar-refractivity contribution is 0.0774. The second-order valence-corrected chi connectivity index (χ2v) is 0.969. The van der Waals surface area contributed by atoms with Crippen LogP contribution in [0.25, 0.3) is 0 Å². The predicted octanol–water partition coefficient (Wildman–Crippen LogP) is 1.51. The summed E-state index contributed by atoms with van der Waals surface area (Å²) in [4.78, 5) is 9.89. The van der Waals surface area contributed by atoms with Crippen LogP contribution in [0.5, 0.6) is 0 Å². The first-order valence-corrected chi connectivity index (χ1v) is 1.92. The summed E-state index contributed by atoms with van der Waals surface area (Å²) in [6, 6.07) is -1.62. The quantitative estimate of drug-likeness (QED) is 0.407. The van der Waals surface area contributed by atoms with Crippen molar-refractivity contribution in [2.45, 2.75) is 0 Å². The van der Waals surface area contributed by atoms with Crippen LogP contribution in [0.1, 0.15) is 0 Å². The molecule has 0 aromatic carbocycles. The number of ether oxygens (including phenoxy) is 2. The summed E-state index contributed by atoms with van der Waals surface area (Å²) in [5.74, 6) is 0. The van der Waals surface area contributed by atoms with E-state index in [9.17, 15) is 13.6 Å². The van der Waals surface area contributed by atoms with Crippen LogP contribution >= 0.6 is 0 Å². The Morgan fingerprint density at radius 1 is 1.67 bits per heavy atom. The Labute approximate surface area is 49.9 Å². The molecule has 0 atom stereocenters. The van der Waals surface area contributed by atoms with E-state index >= 15 is 0 Å². The molecule has 0 N–H and O–H groups in total. The first-order valence-electron chi connectivity index (χ1n) is 1.92. The summed E-state index contributed by atoms with van der Waals surface area (Å²) in [6.45, 7) is 0. The van der Waals surface area contributed by atoms with E-state index in [1.54, 1.807) is 0 Å². The van der Waals surface area contributed by atoms with Gasteiger partial charge in [0.15, 0.2) is 6.33 Å². The van der Waals surface area contributed by atoms with Gasteiger partial charge >= 0.3 is 12.2 Å². The number of hydrogen-bond donors (Lipinski definition) is 0. The van der Waals surface area contributed by atoms with Gasteiger partial charge in [0, 0.05) is 0 Å². The van der Waals surface area contributed by atoms with Crippen LogP contribution in [-0.2, 0) is 9.47 Å². The van der Waals surface area contributed by atoms with Gasteiger partial charge in [0.2, 0.25) is 0 Å². The van der Waals surface area contributed by atoms with Gasteiger partial charge in [-0.2, -0.15) is 4.39 Å². The highest BCUT2D eigenvalue weighted by Gasteiger charge is 2.03. The van der Waals surface area contributed by atoms with E-state index in [-0.39, 0.29) is 0 Å². The first-order chi connectivity index (χ1) is 4.20. The Balaban J connectivity index is 3.60. The Morgan fingerprint density at radius 2 is 2.22 bits per heavy atom. The van der Waals surface area contributed by atoms with Crippen molar-refractivity contribution in [2.75, 3.05) is 7.11 Å². The summed E-state index contributed by atoms with van der Waals surface area (Å²) in [5.41, 5.74) is 0. The largest absolute Gasteiger partial charge is 0.515 e. The second kappa shape index (κ2) is 3.82. The van der Waals surface area contributed by atoms with Gasteiger partial charge in [0.25, 0.3) is 0 Å². The highest BCUT2D eigenvalue weighted by Crippen LogP contribution is 1.99. The van der Waals surface area contributed by atoms with Gasteiger partial charge in [-0.15, -0.1) is 0 Å². The number of carbonyl (C=O) groups excluding carboxylic acids is 1. The molecule has 0 rings (SSSR count). The molecule has 0 bridgehead atoms. The summed E-state index contributed by atoms with van der Waals surface area (Å²) in [6.07, 6.45) is -1.78. The van der Waals surface area contributed by atoms with Crippen molar-refractivity contribution in [3.63, 3.8) is 0 Å². The van der Waals surface area contributed by atoms with E-state index in [0.717, 1.165) is 7.11 Å². The lowest BCUT2D eigenvalue weighted by Crippen LogP contribution is -2.00. The Kier molecular flexibility index (Phi) is 3.34. The van der Waals surface area contributed by atoms with Crippen LogP contribution in [0.15, 0.2) is 12.3 Å². The third-order valence-electron chi connectivity index (χ3n) is 0.433. The van der Waals surface area contributed by atoms with E-state index < -0.39 is 18.5 Å². The third kappa shape index (κ3) is 3.45. The molecule has 0 unspecified atom stereocenters. The molecular formula is C4H4F2O3. The smallest absolute Gasteiger partial charge is 0.437 e. The molecule has 5 heteroatoms. The number of carbonyl (C=O) groups is 1. The Bertz CT molecular complexity index is 132. The van der Waals surface area contributed by atoms with Crippen molar-refractivity contribution in [3.8, 4) is 0 Å². The van der Waals surface area contributed by atoms with Gasteiger partial charge in [0.05, 0.1) is 7.11 Å². The van der Waals surface area contributed by atoms with E-state index in [1.165, 1.54) is 0 Å². The standard InChI is InChI=1S/C4H4F2O3/c1-8-4(7)9-3(6)2-5/h2H,1H3. The van der Waals surface area contributed by atoms with Crippen LogP contribution in [0.3, 0.4) is 0 Å². The minimum absolute atomic E-state index is 0.489. The van der Waals surface area contributed by atoms with E-state index in [4.69, 9.17) is 0 Å². The number of hydrogen-bond acceptors (Lipinski definition) is 3. The molecule has 0 aliphatic carbocycles. The number of rotatable bonds is 1. The third-order valence-corrected chi connectivity index (χ3v) is 0.433. The molecule has 0 amide bonds. The normalized spacial score (nSPS) is 10.8. The van der Waals surface area contributed by atoms with Crippen LogP contribution in [-0.4, -0.2) is 13.3 Å². The van der Waals surface area contributed by atoms with Crippen molar-refractivity contribution >= 4 is 6.16 Å². The highest BCUT2D eigenvalue weighted by atomic mass is 19.2. The maximum absolute atomic E-state index is 11.5. The molecule has 0 saturated carbocycles. The number of methoxy groups -OCH3 is 1. The second-order valence-electron chi connectivity index (χ2n) is 0.969. The van der Waals surface area contributed by atoms with Crippen LogP contribution in [0.4, 0.5) is 13.6 Å². The zero-order chi connectivity index (χ0) is 7.28. The zero-order valence-corrected chi connectivity index (χ0v) is 4.56. The number of halogens is 2. The molecule has 0 heterocycles. The molecule has 0 radical (unpaired) electrons. The Morgan fingerprint density at radius 3 is 2.56 bits per heavy atom. The van der Waals surface area contributed by atoms with Gasteiger partial charge in [-0.3, -0.25) is 0 Å². The molecular weight excluding hydrogens is 134 g/mol. The van der Waals surface area contributed by atoms with Gasteiger partial charge in [-0.25, -0.2) is 9.18 Å². The van der Waals surface area contributed by atoms with Crippen molar-refractivity contribution in [3.05, 3.63) is 12.3 Å². The fourth-order valence-corrected chi connectivity index (χ4v) is 0.144. The molecule has 0 aromatic rings. The molecule has 0 aliphatic heterocycles. The summed E-state index contributed by atoms with van der Waals surface area (Å²) < 4.78 is 29.9. The summed E-state index contributed by atoms with van der Waals surface area (Å²) in [5, 5.41) is 0. The van der Waals surface area contributed by atoms with Gasteiger partial charge in [-0.1, -0.05) is 0 Å². The van der Waals surface area contributed by atoms with Crippen molar-refractivity contribution in [1.29, 1.82) is 0 Å². The lowest BCUT2D eigenvalue weighted by atomic mass is 11.0. The molecule has 52 valence electrons. The fraction of sp³-hybridized carbons (Fsp3) is 0.250. The topological polar surface area (TPSA) is 35.5 Å². The average Bonchev–Trinajstić information content (AvgIpc) is 1.87. The average molecular weight is 138 g/mol. The van der Waals surface area contributed by atoms with Crippen LogP contribution in [0, 0.1) is 0 Å². The van der Waals surface area contributed by atoms with Gasteiger partial charge in [0.1, 0.15) is 0 Å². The van der Waals surface area contributed by atoms with E-state index in [0.29, 0.717) is 0 Å². The minimum Gasteiger partial charge on any atom is -0.437 e. The monoisotopic (exact) mass is 138 g/mol. The van der Waals surface area contributed by atoms with E-state index in [2.05, 4.69) is 9.47 Å². The van der Waals surface area contributed by atoms with Gasteiger partial charge in [-0.05, 0) is 0 Å². The highest BCUT2D eigenvalue weighted by molar-refractivity contribution is 5.60. The SMILES string of the molecule is COC(=O)OC(F)=CF. The van der Waals surface area contributed by atoms with Crippen LogP contribution in [0.2, 0.25) is 0 Å². The maximum atomic E-state index is 11.5. The molecule has 0 fully saturated rings. The maximum Gasteiger partial charge on any atom is 0.515 e. The first kappa shape index (κ1) is 7.87. The molecule has 0 aliphatic rings. The predicted molar refractivity (Wildman–Crippen MR) is 23.8 cm³/mol. The summed E-state index contributed by atoms with van der Waals surface area (Å²) >= 11 is 0. The minimum atomic E-state index is -1.62. The fourth-order valence-electron chi connectivity index (χ4n) is 0.144. The Hall–Kier alpha value is -1.13. The molecule has 0 saturated heterocycles. The molecule has 0 spiro atoms. The van der Waals surface area contributed by atoms with Crippen molar-refractivity contribution in [2.24, 2.45) is 0 Å². The zero-order valence-electron chi connectivity index (χ0n) is 4.56. The lowest BCUT2D eigenvalue weighted by Gasteiger charge is -1.94. The van der Waals surface area contributed by atoms with Crippen molar-refractivity contribution in [1.82, 2.24) is 0 Å². The summed E-state index contributed by atoms with van der Waals surface area (Å²) in [7, 11) is 0.980.